The van der Waals surface area contributed by atoms with Crippen LogP contribution in [0.3, 0.4) is 0 Å². The molecule has 1 aromatic heterocycles. The van der Waals surface area contributed by atoms with E-state index in [0.29, 0.717) is 6.42 Å². The maximum Gasteiger partial charge on any atom is 0.135 e. The molecule has 0 spiro atoms. The van der Waals surface area contributed by atoms with Crippen LogP contribution in [0.2, 0.25) is 0 Å². The van der Waals surface area contributed by atoms with Gasteiger partial charge in [-0.1, -0.05) is 28.1 Å². The van der Waals surface area contributed by atoms with E-state index < -0.39 is 0 Å². The van der Waals surface area contributed by atoms with Gasteiger partial charge in [0.05, 0.1) is 10.7 Å². The third-order valence-corrected chi connectivity index (χ3v) is 3.72. The van der Waals surface area contributed by atoms with Crippen LogP contribution in [0, 0.1) is 0 Å². The summed E-state index contributed by atoms with van der Waals surface area (Å²) in [5, 5.41) is 3.03. The SMILES string of the molecule is CC(=O)Cc1csc(Cc2ccc(Br)cc2)n1. The molecule has 2 nitrogen and oxygen atoms in total. The highest BCUT2D eigenvalue weighted by molar-refractivity contribution is 9.10. The average Bonchev–Trinajstić information content (AvgIpc) is 2.68. The van der Waals surface area contributed by atoms with Crippen LogP contribution < -0.4 is 0 Å². The van der Waals surface area contributed by atoms with Crippen LogP contribution >= 0.6 is 27.3 Å². The Morgan fingerprint density at radius 3 is 2.71 bits per heavy atom. The van der Waals surface area contributed by atoms with Crippen LogP contribution in [0.5, 0.6) is 0 Å². The van der Waals surface area contributed by atoms with Crippen molar-refractivity contribution in [2.45, 2.75) is 19.8 Å². The van der Waals surface area contributed by atoms with Crippen LogP contribution in [0.4, 0.5) is 0 Å². The fourth-order valence-corrected chi connectivity index (χ4v) is 2.64. The van der Waals surface area contributed by atoms with Gasteiger partial charge in [0.1, 0.15) is 5.78 Å². The minimum Gasteiger partial charge on any atom is -0.300 e. The van der Waals surface area contributed by atoms with E-state index >= 15 is 0 Å². The largest absolute Gasteiger partial charge is 0.300 e. The summed E-state index contributed by atoms with van der Waals surface area (Å²) >= 11 is 5.03. The Labute approximate surface area is 113 Å². The molecule has 2 aromatic rings. The number of nitrogens with zero attached hydrogens (tertiary/aromatic N) is 1. The molecule has 0 N–H and O–H groups in total. The first-order chi connectivity index (χ1) is 8.13. The number of rotatable bonds is 4. The topological polar surface area (TPSA) is 30.0 Å². The molecule has 2 rings (SSSR count). The summed E-state index contributed by atoms with van der Waals surface area (Å²) < 4.78 is 1.08. The van der Waals surface area contributed by atoms with Gasteiger partial charge in [-0.3, -0.25) is 4.79 Å². The molecule has 88 valence electrons. The lowest BCUT2D eigenvalue weighted by Crippen LogP contribution is -1.97. The van der Waals surface area contributed by atoms with Crippen molar-refractivity contribution in [3.63, 3.8) is 0 Å². The molecule has 0 unspecified atom stereocenters. The van der Waals surface area contributed by atoms with Gasteiger partial charge in [0.25, 0.3) is 0 Å². The molecule has 0 aliphatic carbocycles. The zero-order valence-corrected chi connectivity index (χ0v) is 11.8. The van der Waals surface area contributed by atoms with Crippen molar-refractivity contribution < 1.29 is 4.79 Å². The second-order valence-corrected chi connectivity index (χ2v) is 5.77. The number of carbonyl (C=O) groups is 1. The molecule has 17 heavy (non-hydrogen) atoms. The van der Waals surface area contributed by atoms with Gasteiger partial charge in [0, 0.05) is 22.7 Å². The molecule has 0 aliphatic rings. The molecule has 0 saturated heterocycles. The number of hydrogen-bond acceptors (Lipinski definition) is 3. The second-order valence-electron chi connectivity index (χ2n) is 3.91. The van der Waals surface area contributed by atoms with Gasteiger partial charge in [-0.2, -0.15) is 0 Å². The summed E-state index contributed by atoms with van der Waals surface area (Å²) in [6.45, 7) is 1.59. The zero-order valence-electron chi connectivity index (χ0n) is 9.44. The Morgan fingerprint density at radius 1 is 1.35 bits per heavy atom. The van der Waals surface area contributed by atoms with Crippen LogP contribution in [0.15, 0.2) is 34.1 Å². The molecule has 4 heteroatoms. The van der Waals surface area contributed by atoms with Gasteiger partial charge in [-0.05, 0) is 24.6 Å². The minimum atomic E-state index is 0.158. The molecule has 0 saturated carbocycles. The van der Waals surface area contributed by atoms with Gasteiger partial charge in [0.15, 0.2) is 0 Å². The molecule has 0 fully saturated rings. The van der Waals surface area contributed by atoms with Crippen molar-refractivity contribution in [3.8, 4) is 0 Å². The zero-order chi connectivity index (χ0) is 12.3. The molecule has 1 heterocycles. The average molecular weight is 310 g/mol. The predicted molar refractivity (Wildman–Crippen MR) is 73.4 cm³/mol. The highest BCUT2D eigenvalue weighted by Crippen LogP contribution is 2.17. The van der Waals surface area contributed by atoms with E-state index in [9.17, 15) is 4.79 Å². The lowest BCUT2D eigenvalue weighted by molar-refractivity contribution is -0.116. The van der Waals surface area contributed by atoms with E-state index in [1.54, 1.807) is 18.3 Å². The summed E-state index contributed by atoms with van der Waals surface area (Å²) in [5.41, 5.74) is 2.12. The van der Waals surface area contributed by atoms with Gasteiger partial charge >= 0.3 is 0 Å². The van der Waals surface area contributed by atoms with Gasteiger partial charge in [-0.25, -0.2) is 4.98 Å². The maximum absolute atomic E-state index is 11.0. The van der Waals surface area contributed by atoms with Crippen LogP contribution in [0.25, 0.3) is 0 Å². The number of halogens is 1. The predicted octanol–water partition coefficient (Wildman–Crippen LogP) is 3.63. The fourth-order valence-electron chi connectivity index (χ4n) is 1.54. The summed E-state index contributed by atoms with van der Waals surface area (Å²) in [6, 6.07) is 8.21. The number of ketones is 1. The number of Topliss-reactive ketones (excluding diaryl/α,β-unsaturated/α-hetero) is 1. The van der Waals surface area contributed by atoms with Crippen molar-refractivity contribution >= 4 is 33.0 Å². The minimum absolute atomic E-state index is 0.158. The maximum atomic E-state index is 11.0. The van der Waals surface area contributed by atoms with E-state index in [2.05, 4.69) is 33.0 Å². The molecular formula is C13H12BrNOS. The smallest absolute Gasteiger partial charge is 0.135 e. The quantitative estimate of drug-likeness (QED) is 0.863. The first kappa shape index (κ1) is 12.5. The lowest BCUT2D eigenvalue weighted by Gasteiger charge is -1.97. The van der Waals surface area contributed by atoms with Crippen LogP contribution in [0.1, 0.15) is 23.2 Å². The van der Waals surface area contributed by atoms with Gasteiger partial charge in [0.2, 0.25) is 0 Å². The van der Waals surface area contributed by atoms with Crippen molar-refractivity contribution in [1.29, 1.82) is 0 Å². The third-order valence-electron chi connectivity index (χ3n) is 2.30. The molecule has 0 bridgehead atoms. The normalized spacial score (nSPS) is 10.5. The Balaban J connectivity index is 2.06. The monoisotopic (exact) mass is 309 g/mol. The molecule has 0 atom stereocenters. The van der Waals surface area contributed by atoms with Crippen LogP contribution in [-0.4, -0.2) is 10.8 Å². The first-order valence-corrected chi connectivity index (χ1v) is 6.98. The number of benzene rings is 1. The van der Waals surface area contributed by atoms with E-state index in [-0.39, 0.29) is 5.78 Å². The Morgan fingerprint density at radius 2 is 2.06 bits per heavy atom. The standard InChI is InChI=1S/C13H12BrNOS/c1-9(16)6-12-8-17-13(15-12)7-10-2-4-11(14)5-3-10/h2-5,8H,6-7H2,1H3. The number of thiazole rings is 1. The Kier molecular flexibility index (Phi) is 4.07. The van der Waals surface area contributed by atoms with E-state index in [4.69, 9.17) is 0 Å². The summed E-state index contributed by atoms with van der Waals surface area (Å²) in [6.07, 6.45) is 1.27. The van der Waals surface area contributed by atoms with Crippen molar-refractivity contribution in [3.05, 3.63) is 50.4 Å². The highest BCUT2D eigenvalue weighted by atomic mass is 79.9. The molecule has 1 aromatic carbocycles. The molecule has 0 aliphatic heterocycles. The van der Waals surface area contributed by atoms with Crippen molar-refractivity contribution in [1.82, 2.24) is 4.98 Å². The third kappa shape index (κ3) is 3.75. The lowest BCUT2D eigenvalue weighted by atomic mass is 10.2. The second kappa shape index (κ2) is 5.56. The number of hydrogen-bond donors (Lipinski definition) is 0. The van der Waals surface area contributed by atoms with Crippen LogP contribution in [-0.2, 0) is 17.6 Å². The van der Waals surface area contributed by atoms with E-state index in [0.717, 1.165) is 21.6 Å². The van der Waals surface area contributed by atoms with E-state index in [1.165, 1.54) is 5.56 Å². The molecule has 0 amide bonds. The first-order valence-electron chi connectivity index (χ1n) is 5.30. The van der Waals surface area contributed by atoms with Crippen molar-refractivity contribution in [2.24, 2.45) is 0 Å². The van der Waals surface area contributed by atoms with E-state index in [1.807, 2.05) is 17.5 Å². The summed E-state index contributed by atoms with van der Waals surface area (Å²) in [5.74, 6) is 0.158. The van der Waals surface area contributed by atoms with Crippen molar-refractivity contribution in [2.75, 3.05) is 0 Å². The molecular weight excluding hydrogens is 298 g/mol. The Hall–Kier alpha value is -1.00. The molecule has 0 radical (unpaired) electrons. The van der Waals surface area contributed by atoms with Gasteiger partial charge in [-0.15, -0.1) is 11.3 Å². The number of aromatic nitrogens is 1. The summed E-state index contributed by atoms with van der Waals surface area (Å²) in [7, 11) is 0. The fraction of sp³-hybridized carbons (Fsp3) is 0.231. The Bertz CT molecular complexity index is 518. The van der Waals surface area contributed by atoms with Gasteiger partial charge < -0.3 is 0 Å². The number of carbonyl (C=O) groups excluding carboxylic acids is 1. The summed E-state index contributed by atoms with van der Waals surface area (Å²) in [4.78, 5) is 15.4. The highest BCUT2D eigenvalue weighted by Gasteiger charge is 2.05.